The Morgan fingerprint density at radius 1 is 1.05 bits per heavy atom. The SMILES string of the molecule is CNC(C)(C#N)CCN(CCC(C)C)CCC(C)C. The fourth-order valence-corrected chi connectivity index (χ4v) is 1.84. The van der Waals surface area contributed by atoms with Crippen LogP contribution < -0.4 is 5.32 Å². The van der Waals surface area contributed by atoms with Gasteiger partial charge in [0.05, 0.1) is 6.07 Å². The average molecular weight is 267 g/mol. The first-order chi connectivity index (χ1) is 8.83. The first kappa shape index (κ1) is 18.4. The van der Waals surface area contributed by atoms with E-state index >= 15 is 0 Å². The van der Waals surface area contributed by atoms with Gasteiger partial charge >= 0.3 is 0 Å². The van der Waals surface area contributed by atoms with Crippen LogP contribution in [0.5, 0.6) is 0 Å². The van der Waals surface area contributed by atoms with Crippen LogP contribution in [0.25, 0.3) is 0 Å². The third-order valence-electron chi connectivity index (χ3n) is 3.77. The average Bonchev–Trinajstić information content (AvgIpc) is 2.37. The predicted octanol–water partition coefficient (Wildman–Crippen LogP) is 3.27. The van der Waals surface area contributed by atoms with Crippen molar-refractivity contribution >= 4 is 0 Å². The highest BCUT2D eigenvalue weighted by Gasteiger charge is 2.22. The number of nitriles is 1. The number of hydrogen-bond donors (Lipinski definition) is 1. The van der Waals surface area contributed by atoms with Crippen LogP contribution in [0.3, 0.4) is 0 Å². The molecule has 0 fully saturated rings. The molecule has 0 bridgehead atoms. The summed E-state index contributed by atoms with van der Waals surface area (Å²) < 4.78 is 0. The molecule has 19 heavy (non-hydrogen) atoms. The molecule has 3 nitrogen and oxygen atoms in total. The van der Waals surface area contributed by atoms with Crippen molar-refractivity contribution in [2.24, 2.45) is 11.8 Å². The molecular weight excluding hydrogens is 234 g/mol. The third kappa shape index (κ3) is 9.02. The van der Waals surface area contributed by atoms with Crippen molar-refractivity contribution in [3.63, 3.8) is 0 Å². The van der Waals surface area contributed by atoms with Crippen molar-refractivity contribution in [2.45, 2.75) is 59.4 Å². The highest BCUT2D eigenvalue weighted by Crippen LogP contribution is 2.12. The molecule has 0 spiro atoms. The summed E-state index contributed by atoms with van der Waals surface area (Å²) in [6.45, 7) is 14.4. The summed E-state index contributed by atoms with van der Waals surface area (Å²) in [5, 5.41) is 12.3. The molecule has 1 N–H and O–H groups in total. The topological polar surface area (TPSA) is 39.1 Å². The summed E-state index contributed by atoms with van der Waals surface area (Å²) in [5.41, 5.74) is -0.395. The standard InChI is InChI=1S/C16H33N3/c1-14(2)7-10-19(11-8-15(3)4)12-9-16(5,13-17)18-6/h14-15,18H,7-12H2,1-6H3. The molecule has 1 unspecified atom stereocenters. The van der Waals surface area contributed by atoms with Crippen LogP contribution >= 0.6 is 0 Å². The Morgan fingerprint density at radius 2 is 1.53 bits per heavy atom. The Labute approximate surface area is 120 Å². The van der Waals surface area contributed by atoms with Gasteiger partial charge < -0.3 is 10.2 Å². The number of nitrogens with zero attached hydrogens (tertiary/aromatic N) is 2. The van der Waals surface area contributed by atoms with E-state index in [-0.39, 0.29) is 0 Å². The normalized spacial score (nSPS) is 14.9. The second-order valence-corrected chi connectivity index (χ2v) is 6.65. The quantitative estimate of drug-likeness (QED) is 0.660. The molecule has 0 saturated heterocycles. The van der Waals surface area contributed by atoms with E-state index in [2.05, 4.69) is 44.0 Å². The van der Waals surface area contributed by atoms with E-state index in [1.807, 2.05) is 14.0 Å². The minimum Gasteiger partial charge on any atom is -0.303 e. The first-order valence-electron chi connectivity index (χ1n) is 7.65. The molecule has 0 amide bonds. The minimum atomic E-state index is -0.395. The molecule has 3 heteroatoms. The lowest BCUT2D eigenvalue weighted by atomic mass is 9.99. The summed E-state index contributed by atoms with van der Waals surface area (Å²) in [6.07, 6.45) is 3.36. The molecule has 0 radical (unpaired) electrons. The Bertz CT molecular complexity index is 256. The smallest absolute Gasteiger partial charge is 0.104 e. The van der Waals surface area contributed by atoms with Crippen LogP contribution in [-0.2, 0) is 0 Å². The van der Waals surface area contributed by atoms with Crippen LogP contribution in [0.1, 0.15) is 53.9 Å². The molecule has 0 aliphatic rings. The zero-order valence-corrected chi connectivity index (χ0v) is 13.8. The monoisotopic (exact) mass is 267 g/mol. The van der Waals surface area contributed by atoms with Gasteiger partial charge in [0.25, 0.3) is 0 Å². The van der Waals surface area contributed by atoms with E-state index in [4.69, 9.17) is 0 Å². The maximum absolute atomic E-state index is 9.20. The van der Waals surface area contributed by atoms with Crippen molar-refractivity contribution in [3.05, 3.63) is 0 Å². The maximum atomic E-state index is 9.20. The van der Waals surface area contributed by atoms with Crippen molar-refractivity contribution in [2.75, 3.05) is 26.7 Å². The van der Waals surface area contributed by atoms with E-state index in [0.717, 1.165) is 37.9 Å². The largest absolute Gasteiger partial charge is 0.303 e. The molecule has 0 aliphatic carbocycles. The van der Waals surface area contributed by atoms with Crippen molar-refractivity contribution in [1.82, 2.24) is 10.2 Å². The molecule has 0 aromatic carbocycles. The van der Waals surface area contributed by atoms with Gasteiger partial charge in [0.2, 0.25) is 0 Å². The molecule has 0 aromatic rings. The lowest BCUT2D eigenvalue weighted by molar-refractivity contribution is 0.224. The van der Waals surface area contributed by atoms with E-state index in [0.29, 0.717) is 0 Å². The van der Waals surface area contributed by atoms with Gasteiger partial charge in [-0.2, -0.15) is 5.26 Å². The van der Waals surface area contributed by atoms with Crippen molar-refractivity contribution < 1.29 is 0 Å². The van der Waals surface area contributed by atoms with Gasteiger partial charge in [0.15, 0.2) is 0 Å². The van der Waals surface area contributed by atoms with Crippen LogP contribution in [0.4, 0.5) is 0 Å². The third-order valence-corrected chi connectivity index (χ3v) is 3.77. The molecule has 1 atom stereocenters. The molecule has 0 aliphatic heterocycles. The van der Waals surface area contributed by atoms with Crippen LogP contribution in [0.15, 0.2) is 0 Å². The Kier molecular flexibility index (Phi) is 9.05. The molecule has 0 aromatic heterocycles. The van der Waals surface area contributed by atoms with E-state index in [9.17, 15) is 5.26 Å². The van der Waals surface area contributed by atoms with Crippen LogP contribution in [0, 0.1) is 23.2 Å². The molecule has 0 rings (SSSR count). The lowest BCUT2D eigenvalue weighted by Gasteiger charge is -2.28. The summed E-state index contributed by atoms with van der Waals surface area (Å²) in [7, 11) is 1.87. The first-order valence-corrected chi connectivity index (χ1v) is 7.65. The molecule has 0 saturated carbocycles. The van der Waals surface area contributed by atoms with Crippen molar-refractivity contribution in [3.8, 4) is 6.07 Å². The minimum absolute atomic E-state index is 0.395. The summed E-state index contributed by atoms with van der Waals surface area (Å²) in [5.74, 6) is 1.49. The number of hydrogen-bond acceptors (Lipinski definition) is 3. The second-order valence-electron chi connectivity index (χ2n) is 6.65. The fourth-order valence-electron chi connectivity index (χ4n) is 1.84. The maximum Gasteiger partial charge on any atom is 0.104 e. The molecule has 0 heterocycles. The van der Waals surface area contributed by atoms with Gasteiger partial charge in [0, 0.05) is 6.54 Å². The zero-order valence-electron chi connectivity index (χ0n) is 13.8. The molecule has 112 valence electrons. The fraction of sp³-hybridized carbons (Fsp3) is 0.938. The zero-order chi connectivity index (χ0) is 14.9. The Hall–Kier alpha value is -0.590. The highest BCUT2D eigenvalue weighted by atomic mass is 15.1. The summed E-state index contributed by atoms with van der Waals surface area (Å²) >= 11 is 0. The van der Waals surface area contributed by atoms with E-state index in [1.54, 1.807) is 0 Å². The Balaban J connectivity index is 4.28. The van der Waals surface area contributed by atoms with Gasteiger partial charge in [-0.25, -0.2) is 0 Å². The van der Waals surface area contributed by atoms with Gasteiger partial charge in [-0.15, -0.1) is 0 Å². The van der Waals surface area contributed by atoms with E-state index in [1.165, 1.54) is 12.8 Å². The summed E-state index contributed by atoms with van der Waals surface area (Å²) in [6, 6.07) is 2.38. The molecular formula is C16H33N3. The predicted molar refractivity (Wildman–Crippen MR) is 83.0 cm³/mol. The van der Waals surface area contributed by atoms with Crippen molar-refractivity contribution in [1.29, 1.82) is 5.26 Å². The van der Waals surface area contributed by atoms with Crippen LogP contribution in [-0.4, -0.2) is 37.1 Å². The number of rotatable bonds is 10. The summed E-state index contributed by atoms with van der Waals surface area (Å²) in [4.78, 5) is 2.52. The van der Waals surface area contributed by atoms with Gasteiger partial charge in [0.1, 0.15) is 5.54 Å². The van der Waals surface area contributed by atoms with Gasteiger partial charge in [-0.05, 0) is 58.2 Å². The Morgan fingerprint density at radius 3 is 1.84 bits per heavy atom. The van der Waals surface area contributed by atoms with E-state index < -0.39 is 5.54 Å². The van der Waals surface area contributed by atoms with Gasteiger partial charge in [-0.1, -0.05) is 27.7 Å². The van der Waals surface area contributed by atoms with Gasteiger partial charge in [-0.3, -0.25) is 0 Å². The lowest BCUT2D eigenvalue weighted by Crippen LogP contribution is -2.42. The van der Waals surface area contributed by atoms with Crippen LogP contribution in [0.2, 0.25) is 0 Å². The number of nitrogens with one attached hydrogen (secondary N) is 1. The second kappa shape index (κ2) is 9.34. The highest BCUT2D eigenvalue weighted by molar-refractivity contribution is 5.03.